The lowest BCUT2D eigenvalue weighted by Crippen LogP contribution is -2.29. The lowest BCUT2D eigenvalue weighted by molar-refractivity contribution is 0.0953. The molecule has 4 N–H and O–H groups in total. The highest BCUT2D eigenvalue weighted by molar-refractivity contribution is 5.95. The summed E-state index contributed by atoms with van der Waals surface area (Å²) >= 11 is 0. The summed E-state index contributed by atoms with van der Waals surface area (Å²) < 4.78 is 0. The molecule has 0 saturated carbocycles. The minimum atomic E-state index is -0.463. The Bertz CT molecular complexity index is 641. The summed E-state index contributed by atoms with van der Waals surface area (Å²) in [6, 6.07) is 7.69. The van der Waals surface area contributed by atoms with E-state index >= 15 is 0 Å². The second-order valence-corrected chi connectivity index (χ2v) is 3.76. The van der Waals surface area contributed by atoms with Crippen LogP contribution in [0.15, 0.2) is 36.5 Å². The number of hydrogen-bond acceptors (Lipinski definition) is 5. The molecule has 19 heavy (non-hydrogen) atoms. The van der Waals surface area contributed by atoms with Crippen LogP contribution in [0.4, 0.5) is 0 Å². The van der Waals surface area contributed by atoms with Crippen molar-refractivity contribution >= 4 is 12.2 Å². The third-order valence-electron chi connectivity index (χ3n) is 2.62. The molecule has 0 fully saturated rings. The highest BCUT2D eigenvalue weighted by atomic mass is 16.3. The van der Waals surface area contributed by atoms with Gasteiger partial charge in [0, 0.05) is 17.3 Å². The molecule has 2 aromatic rings. The first-order chi connectivity index (χ1) is 9.17. The number of rotatable bonds is 3. The van der Waals surface area contributed by atoms with Crippen LogP contribution >= 0.6 is 0 Å². The smallest absolute Gasteiger partial charge is 0.265 e. The van der Waals surface area contributed by atoms with Crippen LogP contribution in [0, 0.1) is 0 Å². The van der Waals surface area contributed by atoms with E-state index in [0.717, 1.165) is 0 Å². The van der Waals surface area contributed by atoms with E-state index in [1.165, 1.54) is 24.4 Å². The Morgan fingerprint density at radius 1 is 1.37 bits per heavy atom. The van der Waals surface area contributed by atoms with E-state index in [1.807, 2.05) is 5.43 Å². The normalized spacial score (nSPS) is 9.95. The molecule has 1 amide bonds. The molecule has 1 heterocycles. The summed E-state index contributed by atoms with van der Waals surface area (Å²) in [6.07, 6.45) is 1.97. The molecule has 0 aliphatic heterocycles. The molecule has 96 valence electrons. The molecular weight excluding hydrogens is 246 g/mol. The molecule has 0 saturated heterocycles. The molecule has 0 aliphatic carbocycles. The SMILES string of the molecule is NNC(=O)c1ccnc(-c2cccc(C=O)c2O)c1. The van der Waals surface area contributed by atoms with Crippen molar-refractivity contribution in [1.82, 2.24) is 10.4 Å². The third kappa shape index (κ3) is 2.43. The van der Waals surface area contributed by atoms with Crippen molar-refractivity contribution in [3.63, 3.8) is 0 Å². The van der Waals surface area contributed by atoms with Gasteiger partial charge >= 0.3 is 0 Å². The Labute approximate surface area is 108 Å². The van der Waals surface area contributed by atoms with E-state index in [1.54, 1.807) is 12.1 Å². The number of phenolic OH excluding ortho intramolecular Hbond substituents is 1. The monoisotopic (exact) mass is 257 g/mol. The standard InChI is InChI=1S/C13H11N3O3/c14-16-13(19)8-4-5-15-11(6-8)10-3-1-2-9(7-17)12(10)18/h1-7,18H,14H2,(H,16,19). The number of aromatic hydroxyl groups is 1. The van der Waals surface area contributed by atoms with Gasteiger partial charge in [0.25, 0.3) is 5.91 Å². The van der Waals surface area contributed by atoms with Crippen LogP contribution in [0.2, 0.25) is 0 Å². The lowest BCUT2D eigenvalue weighted by atomic mass is 10.0. The van der Waals surface area contributed by atoms with Crippen molar-refractivity contribution in [3.8, 4) is 17.0 Å². The number of aromatic nitrogens is 1. The van der Waals surface area contributed by atoms with Gasteiger partial charge in [-0.3, -0.25) is 20.0 Å². The molecule has 2 rings (SSSR count). The number of amides is 1. The number of pyridine rings is 1. The van der Waals surface area contributed by atoms with E-state index in [4.69, 9.17) is 5.84 Å². The maximum absolute atomic E-state index is 11.4. The highest BCUT2D eigenvalue weighted by Gasteiger charge is 2.11. The quantitative estimate of drug-likeness (QED) is 0.327. The highest BCUT2D eigenvalue weighted by Crippen LogP contribution is 2.30. The summed E-state index contributed by atoms with van der Waals surface area (Å²) in [5, 5.41) is 9.93. The third-order valence-corrected chi connectivity index (χ3v) is 2.62. The number of benzene rings is 1. The van der Waals surface area contributed by atoms with Crippen LogP contribution in [0.5, 0.6) is 5.75 Å². The number of carbonyl (C=O) groups is 2. The molecule has 0 radical (unpaired) electrons. The van der Waals surface area contributed by atoms with E-state index < -0.39 is 5.91 Å². The number of nitrogens with two attached hydrogens (primary N) is 1. The fraction of sp³-hybridized carbons (Fsp3) is 0. The maximum Gasteiger partial charge on any atom is 0.265 e. The lowest BCUT2D eigenvalue weighted by Gasteiger charge is -2.07. The van der Waals surface area contributed by atoms with Gasteiger partial charge in [0.1, 0.15) is 5.75 Å². The van der Waals surface area contributed by atoms with Gasteiger partial charge in [-0.05, 0) is 24.3 Å². The van der Waals surface area contributed by atoms with Crippen LogP contribution < -0.4 is 11.3 Å². The minimum Gasteiger partial charge on any atom is -0.506 e. The molecule has 6 heteroatoms. The average molecular weight is 257 g/mol. The van der Waals surface area contributed by atoms with Gasteiger partial charge in [0.05, 0.1) is 11.3 Å². The number of aldehydes is 1. The first-order valence-corrected chi connectivity index (χ1v) is 5.42. The van der Waals surface area contributed by atoms with Crippen molar-refractivity contribution in [2.24, 2.45) is 5.84 Å². The zero-order valence-electron chi connectivity index (χ0n) is 9.83. The number of para-hydroxylation sites is 1. The van der Waals surface area contributed by atoms with E-state index in [0.29, 0.717) is 23.1 Å². The molecular formula is C13H11N3O3. The number of nitrogens with one attached hydrogen (secondary N) is 1. The summed E-state index contributed by atoms with van der Waals surface area (Å²) in [5.41, 5.74) is 3.23. The molecule has 0 bridgehead atoms. The summed E-state index contributed by atoms with van der Waals surface area (Å²) in [6.45, 7) is 0. The summed E-state index contributed by atoms with van der Waals surface area (Å²) in [4.78, 5) is 26.3. The summed E-state index contributed by atoms with van der Waals surface area (Å²) in [5.74, 6) is 4.42. The first kappa shape index (κ1) is 12.7. The zero-order valence-corrected chi connectivity index (χ0v) is 9.83. The predicted octanol–water partition coefficient (Wildman–Crippen LogP) is 0.870. The Kier molecular flexibility index (Phi) is 3.53. The Hall–Kier alpha value is -2.73. The van der Waals surface area contributed by atoms with Crippen molar-refractivity contribution in [2.75, 3.05) is 0 Å². The topological polar surface area (TPSA) is 105 Å². The van der Waals surface area contributed by atoms with Crippen LogP contribution in [-0.2, 0) is 0 Å². The van der Waals surface area contributed by atoms with Crippen molar-refractivity contribution in [1.29, 1.82) is 0 Å². The largest absolute Gasteiger partial charge is 0.506 e. The van der Waals surface area contributed by atoms with E-state index in [9.17, 15) is 14.7 Å². The molecule has 0 atom stereocenters. The van der Waals surface area contributed by atoms with E-state index in [2.05, 4.69) is 4.98 Å². The van der Waals surface area contributed by atoms with Crippen molar-refractivity contribution < 1.29 is 14.7 Å². The van der Waals surface area contributed by atoms with Crippen LogP contribution in [-0.4, -0.2) is 22.3 Å². The molecule has 1 aromatic heterocycles. The van der Waals surface area contributed by atoms with E-state index in [-0.39, 0.29) is 11.3 Å². The fourth-order valence-electron chi connectivity index (χ4n) is 1.67. The number of hydrogen-bond donors (Lipinski definition) is 3. The maximum atomic E-state index is 11.4. The molecule has 0 spiro atoms. The van der Waals surface area contributed by atoms with Crippen molar-refractivity contribution in [2.45, 2.75) is 0 Å². The van der Waals surface area contributed by atoms with Crippen molar-refractivity contribution in [3.05, 3.63) is 47.7 Å². The first-order valence-electron chi connectivity index (χ1n) is 5.42. The van der Waals surface area contributed by atoms with Crippen LogP contribution in [0.3, 0.4) is 0 Å². The number of carbonyl (C=O) groups excluding carboxylic acids is 2. The second kappa shape index (κ2) is 5.28. The molecule has 0 unspecified atom stereocenters. The van der Waals surface area contributed by atoms with Gasteiger partial charge in [0.2, 0.25) is 0 Å². The Balaban J connectivity index is 2.53. The Morgan fingerprint density at radius 2 is 2.16 bits per heavy atom. The fourth-order valence-corrected chi connectivity index (χ4v) is 1.67. The van der Waals surface area contributed by atoms with Gasteiger partial charge in [-0.15, -0.1) is 0 Å². The number of phenols is 1. The number of nitrogen functional groups attached to an aromatic ring is 1. The zero-order chi connectivity index (χ0) is 13.8. The van der Waals surface area contributed by atoms with Gasteiger partial charge in [-0.2, -0.15) is 0 Å². The van der Waals surface area contributed by atoms with Gasteiger partial charge < -0.3 is 5.11 Å². The molecule has 6 nitrogen and oxygen atoms in total. The van der Waals surface area contributed by atoms with Crippen LogP contribution in [0.1, 0.15) is 20.7 Å². The Morgan fingerprint density at radius 3 is 2.84 bits per heavy atom. The van der Waals surface area contributed by atoms with Gasteiger partial charge in [-0.1, -0.05) is 6.07 Å². The second-order valence-electron chi connectivity index (χ2n) is 3.76. The molecule has 1 aromatic carbocycles. The predicted molar refractivity (Wildman–Crippen MR) is 68.4 cm³/mol. The minimum absolute atomic E-state index is 0.160. The number of nitrogens with zero attached hydrogens (tertiary/aromatic N) is 1. The van der Waals surface area contributed by atoms with Crippen LogP contribution in [0.25, 0.3) is 11.3 Å². The van der Waals surface area contributed by atoms with Gasteiger partial charge in [-0.25, -0.2) is 5.84 Å². The molecule has 0 aliphatic rings. The van der Waals surface area contributed by atoms with Gasteiger partial charge in [0.15, 0.2) is 6.29 Å². The number of hydrazine groups is 1. The average Bonchev–Trinajstić information content (AvgIpc) is 2.46. The summed E-state index contributed by atoms with van der Waals surface area (Å²) in [7, 11) is 0.